The van der Waals surface area contributed by atoms with Crippen LogP contribution in [0.15, 0.2) is 53.1 Å². The van der Waals surface area contributed by atoms with Crippen molar-refractivity contribution >= 4 is 39.0 Å². The highest BCUT2D eigenvalue weighted by Gasteiger charge is 2.07. The van der Waals surface area contributed by atoms with Gasteiger partial charge in [-0.3, -0.25) is 0 Å². The van der Waals surface area contributed by atoms with Gasteiger partial charge in [0, 0.05) is 18.1 Å². The molecule has 3 heterocycles. The number of hydrogen-bond acceptors (Lipinski definition) is 4. The van der Waals surface area contributed by atoms with Crippen molar-refractivity contribution in [3.05, 3.63) is 60.0 Å². The molecule has 0 aliphatic rings. The first-order chi connectivity index (χ1) is 10.3. The monoisotopic (exact) mass is 311 g/mol. The van der Waals surface area contributed by atoms with Crippen LogP contribution < -0.4 is 0 Å². The summed E-state index contributed by atoms with van der Waals surface area (Å²) in [7, 11) is 0. The molecule has 0 fully saturated rings. The third-order valence-electron chi connectivity index (χ3n) is 3.35. The molecule has 0 N–H and O–H groups in total. The van der Waals surface area contributed by atoms with Gasteiger partial charge in [0.25, 0.3) is 0 Å². The molecule has 3 nitrogen and oxygen atoms in total. The lowest BCUT2D eigenvalue weighted by Gasteiger charge is -1.94. The van der Waals surface area contributed by atoms with Gasteiger partial charge in [-0.1, -0.05) is 30.0 Å². The van der Waals surface area contributed by atoms with Crippen molar-refractivity contribution in [2.75, 3.05) is 0 Å². The second kappa shape index (κ2) is 5.16. The fourth-order valence-electron chi connectivity index (χ4n) is 2.32. The zero-order valence-electron chi connectivity index (χ0n) is 11.5. The van der Waals surface area contributed by atoms with E-state index in [0.717, 1.165) is 27.0 Å². The number of thiazole rings is 1. The number of aryl methyl sites for hydroxylation is 1. The summed E-state index contributed by atoms with van der Waals surface area (Å²) >= 11 is 3.50. The molecular formula is C16H13N3S2. The third kappa shape index (κ3) is 2.43. The lowest BCUT2D eigenvalue weighted by atomic mass is 10.3. The van der Waals surface area contributed by atoms with Gasteiger partial charge in [-0.2, -0.15) is 0 Å². The maximum absolute atomic E-state index is 4.70. The Morgan fingerprint density at radius 1 is 1.14 bits per heavy atom. The summed E-state index contributed by atoms with van der Waals surface area (Å²) in [6.07, 6.45) is 4.14. The van der Waals surface area contributed by atoms with Crippen LogP contribution in [0.4, 0.5) is 0 Å². The van der Waals surface area contributed by atoms with E-state index in [4.69, 9.17) is 4.98 Å². The van der Waals surface area contributed by atoms with E-state index in [2.05, 4.69) is 52.8 Å². The van der Waals surface area contributed by atoms with Crippen LogP contribution in [0.2, 0.25) is 0 Å². The van der Waals surface area contributed by atoms with Gasteiger partial charge in [0.15, 0.2) is 4.34 Å². The number of pyridine rings is 1. The van der Waals surface area contributed by atoms with E-state index in [1.165, 1.54) is 10.3 Å². The Kier molecular flexibility index (Phi) is 3.16. The lowest BCUT2D eigenvalue weighted by molar-refractivity contribution is 1.16. The average Bonchev–Trinajstić information content (AvgIpc) is 3.09. The number of fused-ring (bicyclic) bond motifs is 2. The molecular weight excluding hydrogens is 298 g/mol. The van der Waals surface area contributed by atoms with E-state index >= 15 is 0 Å². The first-order valence-corrected chi connectivity index (χ1v) is 8.51. The fourth-order valence-corrected chi connectivity index (χ4v) is 4.27. The van der Waals surface area contributed by atoms with Crippen LogP contribution in [0, 0.1) is 6.92 Å². The number of imidazole rings is 1. The molecule has 0 aliphatic heterocycles. The summed E-state index contributed by atoms with van der Waals surface area (Å²) in [6.45, 7) is 2.09. The number of nitrogens with zero attached hydrogens (tertiary/aromatic N) is 3. The molecule has 0 spiro atoms. The van der Waals surface area contributed by atoms with E-state index < -0.39 is 0 Å². The number of hydrogen-bond donors (Lipinski definition) is 0. The zero-order chi connectivity index (χ0) is 14.2. The molecule has 3 aromatic heterocycles. The number of thioether (sulfide) groups is 1. The Morgan fingerprint density at radius 2 is 2.05 bits per heavy atom. The fraction of sp³-hybridized carbons (Fsp3) is 0.125. The van der Waals surface area contributed by atoms with Gasteiger partial charge in [0.05, 0.1) is 15.9 Å². The molecule has 1 aromatic carbocycles. The van der Waals surface area contributed by atoms with Crippen molar-refractivity contribution in [2.24, 2.45) is 0 Å². The minimum absolute atomic E-state index is 0.848. The number of para-hydroxylation sites is 1. The maximum atomic E-state index is 4.70. The quantitative estimate of drug-likeness (QED) is 0.520. The lowest BCUT2D eigenvalue weighted by Crippen LogP contribution is -1.84. The molecule has 0 radical (unpaired) electrons. The summed E-state index contributed by atoms with van der Waals surface area (Å²) in [4.78, 5) is 9.35. The highest BCUT2D eigenvalue weighted by atomic mass is 32.2. The molecule has 0 unspecified atom stereocenters. The van der Waals surface area contributed by atoms with Crippen LogP contribution in [0.5, 0.6) is 0 Å². The molecule has 0 bridgehead atoms. The third-order valence-corrected chi connectivity index (χ3v) is 5.56. The highest BCUT2D eigenvalue weighted by molar-refractivity contribution is 8.00. The molecule has 21 heavy (non-hydrogen) atoms. The van der Waals surface area contributed by atoms with Crippen molar-refractivity contribution in [2.45, 2.75) is 17.0 Å². The van der Waals surface area contributed by atoms with Crippen molar-refractivity contribution in [3.8, 4) is 0 Å². The van der Waals surface area contributed by atoms with Gasteiger partial charge >= 0.3 is 0 Å². The second-order valence-corrected chi connectivity index (χ2v) is 7.14. The van der Waals surface area contributed by atoms with Crippen LogP contribution in [0.1, 0.15) is 11.3 Å². The molecule has 4 rings (SSSR count). The van der Waals surface area contributed by atoms with Gasteiger partial charge in [-0.05, 0) is 30.7 Å². The standard InChI is InChI=1S/C16H13N3S2/c1-11-5-4-8-19-9-12(17-15(11)19)10-20-16-18-13-6-2-3-7-14(13)21-16/h2-9H,10H2,1H3. The molecule has 0 atom stereocenters. The summed E-state index contributed by atoms with van der Waals surface area (Å²) in [5.74, 6) is 0.848. The second-order valence-electron chi connectivity index (χ2n) is 4.89. The van der Waals surface area contributed by atoms with E-state index in [1.54, 1.807) is 23.1 Å². The Hall–Kier alpha value is -1.85. The van der Waals surface area contributed by atoms with E-state index in [0.29, 0.717) is 0 Å². The first kappa shape index (κ1) is 12.9. The molecule has 0 aliphatic carbocycles. The topological polar surface area (TPSA) is 30.2 Å². The Labute approximate surface area is 130 Å². The average molecular weight is 311 g/mol. The Balaban J connectivity index is 1.58. The van der Waals surface area contributed by atoms with Crippen LogP contribution in [0.3, 0.4) is 0 Å². The number of benzene rings is 1. The van der Waals surface area contributed by atoms with Crippen molar-refractivity contribution in [1.29, 1.82) is 0 Å². The molecule has 0 saturated carbocycles. The molecule has 0 saturated heterocycles. The first-order valence-electron chi connectivity index (χ1n) is 6.71. The highest BCUT2D eigenvalue weighted by Crippen LogP contribution is 2.31. The van der Waals surface area contributed by atoms with Gasteiger partial charge in [-0.25, -0.2) is 9.97 Å². The SMILES string of the molecule is Cc1cccn2cc(CSc3nc4ccccc4s3)nc12. The molecule has 0 amide bonds. The normalized spacial score (nSPS) is 11.5. The number of rotatable bonds is 3. The summed E-state index contributed by atoms with van der Waals surface area (Å²) < 4.78 is 4.43. The van der Waals surface area contributed by atoms with Crippen LogP contribution in [0.25, 0.3) is 15.9 Å². The van der Waals surface area contributed by atoms with Crippen LogP contribution in [-0.4, -0.2) is 14.4 Å². The number of aromatic nitrogens is 3. The molecule has 4 aromatic rings. The summed E-state index contributed by atoms with van der Waals surface area (Å²) in [5.41, 5.74) is 4.41. The predicted octanol–water partition coefficient (Wildman–Crippen LogP) is 4.54. The minimum atomic E-state index is 0.848. The van der Waals surface area contributed by atoms with Crippen molar-refractivity contribution in [3.63, 3.8) is 0 Å². The van der Waals surface area contributed by atoms with Crippen LogP contribution >= 0.6 is 23.1 Å². The van der Waals surface area contributed by atoms with Crippen LogP contribution in [-0.2, 0) is 5.75 Å². The Morgan fingerprint density at radius 3 is 2.90 bits per heavy atom. The van der Waals surface area contributed by atoms with Crippen molar-refractivity contribution in [1.82, 2.24) is 14.4 Å². The van der Waals surface area contributed by atoms with E-state index in [-0.39, 0.29) is 0 Å². The minimum Gasteiger partial charge on any atom is -0.307 e. The van der Waals surface area contributed by atoms with Gasteiger partial charge in [0.1, 0.15) is 5.65 Å². The smallest absolute Gasteiger partial charge is 0.151 e. The van der Waals surface area contributed by atoms with E-state index in [1.807, 2.05) is 12.3 Å². The van der Waals surface area contributed by atoms with Gasteiger partial charge in [-0.15, -0.1) is 11.3 Å². The van der Waals surface area contributed by atoms with Crippen molar-refractivity contribution < 1.29 is 0 Å². The van der Waals surface area contributed by atoms with Gasteiger partial charge in [0.2, 0.25) is 0 Å². The molecule has 104 valence electrons. The molecule has 5 heteroatoms. The summed E-state index contributed by atoms with van der Waals surface area (Å²) in [6, 6.07) is 12.4. The largest absolute Gasteiger partial charge is 0.307 e. The van der Waals surface area contributed by atoms with Gasteiger partial charge < -0.3 is 4.40 Å². The zero-order valence-corrected chi connectivity index (χ0v) is 13.1. The van der Waals surface area contributed by atoms with E-state index in [9.17, 15) is 0 Å². The summed E-state index contributed by atoms with van der Waals surface area (Å²) in [5, 5.41) is 0. The Bertz CT molecular complexity index is 890. The maximum Gasteiger partial charge on any atom is 0.151 e. The predicted molar refractivity (Wildman–Crippen MR) is 89.1 cm³/mol.